The SMILES string of the molecule is C=CCC1[C-]=Cc2ccccc21.[CH2-]CCC.[Cl-].[Cl-].[Zr+2].c1cc[cH-]c1. The van der Waals surface area contributed by atoms with Crippen LogP contribution in [0.15, 0.2) is 67.3 Å². The van der Waals surface area contributed by atoms with Crippen molar-refractivity contribution in [1.82, 2.24) is 0 Å². The van der Waals surface area contributed by atoms with Crippen molar-refractivity contribution >= 4 is 6.08 Å². The van der Waals surface area contributed by atoms with Gasteiger partial charge in [0.15, 0.2) is 0 Å². The summed E-state index contributed by atoms with van der Waals surface area (Å²) in [7, 11) is 0. The maximum atomic E-state index is 3.74. The topological polar surface area (TPSA) is 0 Å². The van der Waals surface area contributed by atoms with Crippen molar-refractivity contribution in [3.63, 3.8) is 0 Å². The Labute approximate surface area is 179 Å². The van der Waals surface area contributed by atoms with Gasteiger partial charge in [0, 0.05) is 0 Å². The number of allylic oxidation sites excluding steroid dienone is 2. The van der Waals surface area contributed by atoms with Gasteiger partial charge < -0.3 is 31.7 Å². The zero-order chi connectivity index (χ0) is 15.3. The summed E-state index contributed by atoms with van der Waals surface area (Å²) in [5.74, 6) is 0.443. The second-order valence-electron chi connectivity index (χ2n) is 4.83. The Hall–Kier alpha value is -0.487. The van der Waals surface area contributed by atoms with Gasteiger partial charge in [-0.3, -0.25) is 6.08 Å². The predicted molar refractivity (Wildman–Crippen MR) is 94.0 cm³/mol. The molecule has 0 aliphatic heterocycles. The van der Waals surface area contributed by atoms with Gasteiger partial charge in [-0.1, -0.05) is 43.5 Å². The minimum Gasteiger partial charge on any atom is -1.00 e. The van der Waals surface area contributed by atoms with E-state index in [9.17, 15) is 0 Å². The molecule has 0 fully saturated rings. The molecule has 0 saturated carbocycles. The van der Waals surface area contributed by atoms with Gasteiger partial charge >= 0.3 is 26.2 Å². The Morgan fingerprint density at radius 2 is 1.75 bits per heavy atom. The standard InChI is InChI=1S/C12H11.C5H5.C4H9.2ClH.Zr/c1-2-5-10-8-9-11-6-3-4-7-12(10)11;1-2-4-5-3-1;1-3-4-2;;;/h2-4,6-7,9-10H,1,5H2;1-5H;1,3-4H2,2H3;2*1H;/q3*-1;;;+2/p-2. The summed E-state index contributed by atoms with van der Waals surface area (Å²) in [6.07, 6.45) is 10.6. The molecule has 0 N–H and O–H groups in total. The normalized spacial score (nSPS) is 12.5. The number of benzene rings is 1. The number of halogens is 2. The van der Waals surface area contributed by atoms with E-state index in [2.05, 4.69) is 56.8 Å². The van der Waals surface area contributed by atoms with Gasteiger partial charge in [-0.25, -0.2) is 18.2 Å². The Balaban J connectivity index is -0.000000314. The van der Waals surface area contributed by atoms with E-state index in [1.807, 2.05) is 36.4 Å². The molecule has 2 aromatic rings. The van der Waals surface area contributed by atoms with E-state index in [-0.39, 0.29) is 51.0 Å². The molecule has 3 heteroatoms. The third kappa shape index (κ3) is 11.1. The molecule has 0 amide bonds. The molecule has 0 spiro atoms. The van der Waals surface area contributed by atoms with Crippen molar-refractivity contribution in [3.8, 4) is 0 Å². The first kappa shape index (κ1) is 28.3. The second-order valence-corrected chi connectivity index (χ2v) is 4.83. The number of fused-ring (bicyclic) bond motifs is 1. The van der Waals surface area contributed by atoms with Crippen LogP contribution in [-0.2, 0) is 26.2 Å². The summed E-state index contributed by atoms with van der Waals surface area (Å²) >= 11 is 0. The molecule has 2 aromatic carbocycles. The van der Waals surface area contributed by atoms with Crippen LogP contribution in [0.4, 0.5) is 0 Å². The van der Waals surface area contributed by atoms with E-state index in [1.54, 1.807) is 0 Å². The van der Waals surface area contributed by atoms with Crippen molar-refractivity contribution in [2.24, 2.45) is 0 Å². The van der Waals surface area contributed by atoms with Crippen molar-refractivity contribution in [2.75, 3.05) is 0 Å². The van der Waals surface area contributed by atoms with E-state index in [4.69, 9.17) is 0 Å². The van der Waals surface area contributed by atoms with Crippen LogP contribution in [0.25, 0.3) is 6.08 Å². The fraction of sp³-hybridized carbons (Fsp3) is 0.238. The van der Waals surface area contributed by atoms with Crippen LogP contribution < -0.4 is 24.8 Å². The van der Waals surface area contributed by atoms with Crippen LogP contribution >= 0.6 is 0 Å². The average molecular weight is 440 g/mol. The van der Waals surface area contributed by atoms with Crippen molar-refractivity contribution in [2.45, 2.75) is 32.1 Å². The van der Waals surface area contributed by atoms with Crippen LogP contribution in [-0.4, -0.2) is 0 Å². The molecule has 0 bridgehead atoms. The van der Waals surface area contributed by atoms with Crippen LogP contribution in [0.5, 0.6) is 0 Å². The summed E-state index contributed by atoms with van der Waals surface area (Å²) < 4.78 is 0. The first-order valence-electron chi connectivity index (χ1n) is 7.58. The number of hydrogen-bond acceptors (Lipinski definition) is 0. The van der Waals surface area contributed by atoms with Gasteiger partial charge in [0.2, 0.25) is 0 Å². The third-order valence-electron chi connectivity index (χ3n) is 3.12. The van der Waals surface area contributed by atoms with E-state index in [0.29, 0.717) is 5.92 Å². The fourth-order valence-electron chi connectivity index (χ4n) is 1.92. The smallest absolute Gasteiger partial charge is 1.00 e. The number of unbranched alkanes of at least 4 members (excludes halogenated alkanes) is 1. The molecule has 1 unspecified atom stereocenters. The number of hydrogen-bond donors (Lipinski definition) is 0. The molecule has 0 heterocycles. The van der Waals surface area contributed by atoms with Crippen molar-refractivity contribution in [3.05, 3.63) is 91.4 Å². The summed E-state index contributed by atoms with van der Waals surface area (Å²) in [4.78, 5) is 0. The largest absolute Gasteiger partial charge is 2.00 e. The molecule has 1 aliphatic carbocycles. The molecule has 0 saturated heterocycles. The minimum absolute atomic E-state index is 0. The molecule has 1 aliphatic rings. The molecular formula is C21H25Cl2Zr-3. The van der Waals surface area contributed by atoms with Crippen molar-refractivity contribution < 1.29 is 51.0 Å². The van der Waals surface area contributed by atoms with Gasteiger partial charge in [0.25, 0.3) is 0 Å². The first-order chi connectivity index (χ1) is 10.3. The Morgan fingerprint density at radius 1 is 1.17 bits per heavy atom. The van der Waals surface area contributed by atoms with Gasteiger partial charge in [0.1, 0.15) is 0 Å². The summed E-state index contributed by atoms with van der Waals surface area (Å²) in [5, 5.41) is 0. The quantitative estimate of drug-likeness (QED) is 0.474. The summed E-state index contributed by atoms with van der Waals surface area (Å²) in [5.41, 5.74) is 2.70. The number of rotatable bonds is 3. The summed E-state index contributed by atoms with van der Waals surface area (Å²) in [6.45, 7) is 9.47. The Kier molecular flexibility index (Phi) is 22.2. The van der Waals surface area contributed by atoms with Gasteiger partial charge in [-0.05, 0) is 6.42 Å². The molecule has 0 radical (unpaired) electrons. The Bertz CT molecular complexity index is 499. The van der Waals surface area contributed by atoms with E-state index >= 15 is 0 Å². The molecule has 0 aromatic heterocycles. The molecule has 130 valence electrons. The maximum Gasteiger partial charge on any atom is 2.00 e. The zero-order valence-electron chi connectivity index (χ0n) is 14.2. The predicted octanol–water partition coefficient (Wildman–Crippen LogP) is 0.208. The monoisotopic (exact) mass is 437 g/mol. The molecule has 3 rings (SSSR count). The second kappa shape index (κ2) is 18.8. The van der Waals surface area contributed by atoms with E-state index in [1.165, 1.54) is 17.5 Å². The van der Waals surface area contributed by atoms with E-state index < -0.39 is 0 Å². The molecular weight excluding hydrogens is 414 g/mol. The third-order valence-corrected chi connectivity index (χ3v) is 3.12. The van der Waals surface area contributed by atoms with Crippen LogP contribution in [0.3, 0.4) is 0 Å². The van der Waals surface area contributed by atoms with Gasteiger partial charge in [0.05, 0.1) is 0 Å². The fourth-order valence-corrected chi connectivity index (χ4v) is 1.92. The minimum atomic E-state index is 0. The van der Waals surface area contributed by atoms with Gasteiger partial charge in [-0.2, -0.15) is 30.2 Å². The molecule has 1 atom stereocenters. The van der Waals surface area contributed by atoms with E-state index in [0.717, 1.165) is 12.8 Å². The van der Waals surface area contributed by atoms with Gasteiger partial charge in [-0.15, -0.1) is 18.2 Å². The zero-order valence-corrected chi connectivity index (χ0v) is 18.2. The average Bonchev–Trinajstić information content (AvgIpc) is 3.21. The van der Waals surface area contributed by atoms with Crippen molar-refractivity contribution in [1.29, 1.82) is 0 Å². The van der Waals surface area contributed by atoms with Crippen LogP contribution in [0.1, 0.15) is 43.2 Å². The molecule has 24 heavy (non-hydrogen) atoms. The Morgan fingerprint density at radius 3 is 2.21 bits per heavy atom. The molecule has 0 nitrogen and oxygen atoms in total. The summed E-state index contributed by atoms with van der Waals surface area (Å²) in [6, 6.07) is 18.4. The first-order valence-corrected chi connectivity index (χ1v) is 7.58. The maximum absolute atomic E-state index is 3.74. The van der Waals surface area contributed by atoms with Crippen LogP contribution in [0.2, 0.25) is 0 Å². The van der Waals surface area contributed by atoms with Crippen LogP contribution in [0, 0.1) is 13.0 Å².